The molecule has 0 aliphatic heterocycles. The zero-order valence-electron chi connectivity index (χ0n) is 5.34. The van der Waals surface area contributed by atoms with Gasteiger partial charge in [-0.05, 0) is 27.6 Å². The van der Waals surface area contributed by atoms with Crippen LogP contribution in [0.4, 0.5) is 0 Å². The molecule has 0 heterocycles. The third-order valence-electron chi connectivity index (χ3n) is 1.23. The second kappa shape index (κ2) is 3.26. The van der Waals surface area contributed by atoms with E-state index in [1.807, 2.05) is 18.2 Å². The van der Waals surface area contributed by atoms with Gasteiger partial charge in [0.25, 0.3) is 0 Å². The van der Waals surface area contributed by atoms with Gasteiger partial charge < -0.3 is 0 Å². The van der Waals surface area contributed by atoms with Crippen LogP contribution in [0.5, 0.6) is 0 Å². The maximum absolute atomic E-state index is 4.23. The molecule has 0 aliphatic carbocycles. The lowest BCUT2D eigenvalue weighted by molar-refractivity contribution is 1.40. The van der Waals surface area contributed by atoms with E-state index in [9.17, 15) is 0 Å². The topological polar surface area (TPSA) is 0 Å². The first kappa shape index (κ1) is 7.89. The molecule has 10 heavy (non-hydrogen) atoms. The van der Waals surface area contributed by atoms with E-state index in [0.29, 0.717) is 0 Å². The van der Waals surface area contributed by atoms with E-state index in [1.54, 1.807) is 6.08 Å². The Morgan fingerprint density at radius 2 is 2.20 bits per heavy atom. The number of hydrogen-bond donors (Lipinski definition) is 1. The van der Waals surface area contributed by atoms with E-state index >= 15 is 0 Å². The van der Waals surface area contributed by atoms with Crippen LogP contribution < -0.4 is 0 Å². The number of halogens is 1. The third kappa shape index (κ3) is 1.44. The summed E-state index contributed by atoms with van der Waals surface area (Å²) < 4.78 is 1.01. The fourth-order valence-corrected chi connectivity index (χ4v) is 1.34. The van der Waals surface area contributed by atoms with Gasteiger partial charge in [-0.1, -0.05) is 24.8 Å². The normalized spacial score (nSPS) is 9.40. The highest BCUT2D eigenvalue weighted by molar-refractivity contribution is 9.10. The predicted molar refractivity (Wildman–Crippen MR) is 51.5 cm³/mol. The van der Waals surface area contributed by atoms with E-state index < -0.39 is 0 Å². The second-order valence-corrected chi connectivity index (χ2v) is 3.16. The van der Waals surface area contributed by atoms with E-state index in [-0.39, 0.29) is 0 Å². The molecule has 1 rings (SSSR count). The van der Waals surface area contributed by atoms with Gasteiger partial charge in [-0.25, -0.2) is 0 Å². The number of thiol groups is 1. The number of benzene rings is 1. The van der Waals surface area contributed by atoms with Crippen molar-refractivity contribution in [1.82, 2.24) is 0 Å². The Bertz CT molecular complexity index is 255. The van der Waals surface area contributed by atoms with Crippen LogP contribution in [0.3, 0.4) is 0 Å². The molecule has 0 saturated heterocycles. The molecule has 1 aromatic rings. The van der Waals surface area contributed by atoms with Gasteiger partial charge in [0.1, 0.15) is 0 Å². The van der Waals surface area contributed by atoms with Gasteiger partial charge in [0.05, 0.1) is 0 Å². The molecule has 0 aliphatic rings. The SMILES string of the molecule is C=Cc1cccc(S)c1Br. The monoisotopic (exact) mass is 214 g/mol. The van der Waals surface area contributed by atoms with Gasteiger partial charge >= 0.3 is 0 Å². The molecule has 0 fully saturated rings. The Balaban J connectivity index is 3.27. The van der Waals surface area contributed by atoms with Crippen molar-refractivity contribution < 1.29 is 0 Å². The molecule has 0 spiro atoms. The second-order valence-electron chi connectivity index (χ2n) is 1.88. The van der Waals surface area contributed by atoms with Gasteiger partial charge in [0, 0.05) is 9.37 Å². The Hall–Kier alpha value is -0.210. The lowest BCUT2D eigenvalue weighted by Crippen LogP contribution is -1.75. The molecular weight excluding hydrogens is 208 g/mol. The zero-order chi connectivity index (χ0) is 7.56. The molecule has 52 valence electrons. The molecule has 0 radical (unpaired) electrons. The first-order valence-corrected chi connectivity index (χ1v) is 4.09. The standard InChI is InChI=1S/C8H7BrS/c1-2-6-4-3-5-7(10)8(6)9/h2-5,10H,1H2. The molecule has 0 bridgehead atoms. The molecule has 0 amide bonds. The van der Waals surface area contributed by atoms with Crippen molar-refractivity contribution in [3.8, 4) is 0 Å². The van der Waals surface area contributed by atoms with Crippen LogP contribution in [0.25, 0.3) is 6.08 Å². The largest absolute Gasteiger partial charge is 0.142 e. The Kier molecular flexibility index (Phi) is 2.57. The fraction of sp³-hybridized carbons (Fsp3) is 0. The van der Waals surface area contributed by atoms with E-state index in [0.717, 1.165) is 14.9 Å². The van der Waals surface area contributed by atoms with Gasteiger partial charge in [0.2, 0.25) is 0 Å². The molecule has 0 aromatic heterocycles. The molecule has 0 saturated carbocycles. The summed E-state index contributed by atoms with van der Waals surface area (Å²) in [5.41, 5.74) is 1.08. The summed E-state index contributed by atoms with van der Waals surface area (Å²) in [6.07, 6.45) is 1.80. The minimum absolute atomic E-state index is 0.942. The summed E-state index contributed by atoms with van der Waals surface area (Å²) in [6, 6.07) is 5.86. The highest BCUT2D eigenvalue weighted by Crippen LogP contribution is 2.24. The maximum Gasteiger partial charge on any atom is 0.0380 e. The summed E-state index contributed by atoms with van der Waals surface area (Å²) in [7, 11) is 0. The average Bonchev–Trinajstić information content (AvgIpc) is 1.95. The minimum atomic E-state index is 0.942. The van der Waals surface area contributed by atoms with Crippen molar-refractivity contribution in [1.29, 1.82) is 0 Å². The summed E-state index contributed by atoms with van der Waals surface area (Å²) in [5, 5.41) is 0. The summed E-state index contributed by atoms with van der Waals surface area (Å²) >= 11 is 7.62. The maximum atomic E-state index is 4.23. The zero-order valence-corrected chi connectivity index (χ0v) is 7.82. The van der Waals surface area contributed by atoms with Crippen molar-refractivity contribution in [3.05, 3.63) is 34.8 Å². The third-order valence-corrected chi connectivity index (χ3v) is 2.79. The van der Waals surface area contributed by atoms with E-state index in [2.05, 4.69) is 35.1 Å². The lowest BCUT2D eigenvalue weighted by atomic mass is 10.2. The van der Waals surface area contributed by atoms with Gasteiger partial charge in [-0.15, -0.1) is 12.6 Å². The molecule has 0 N–H and O–H groups in total. The van der Waals surface area contributed by atoms with Crippen molar-refractivity contribution >= 4 is 34.6 Å². The first-order chi connectivity index (χ1) is 4.75. The van der Waals surface area contributed by atoms with Crippen molar-refractivity contribution in [3.63, 3.8) is 0 Å². The first-order valence-electron chi connectivity index (χ1n) is 2.85. The molecule has 0 unspecified atom stereocenters. The molecule has 0 nitrogen and oxygen atoms in total. The average molecular weight is 215 g/mol. The summed E-state index contributed by atoms with van der Waals surface area (Å²) in [6.45, 7) is 3.67. The van der Waals surface area contributed by atoms with Crippen LogP contribution in [-0.4, -0.2) is 0 Å². The van der Waals surface area contributed by atoms with Crippen LogP contribution in [-0.2, 0) is 0 Å². The van der Waals surface area contributed by atoms with Crippen molar-refractivity contribution in [2.24, 2.45) is 0 Å². The van der Waals surface area contributed by atoms with Gasteiger partial charge in [-0.3, -0.25) is 0 Å². The fourth-order valence-electron chi connectivity index (χ4n) is 0.695. The van der Waals surface area contributed by atoms with Crippen LogP contribution >= 0.6 is 28.6 Å². The molecular formula is C8H7BrS. The predicted octanol–water partition coefficient (Wildman–Crippen LogP) is 3.38. The van der Waals surface area contributed by atoms with Crippen LogP contribution in [0.15, 0.2) is 34.1 Å². The highest BCUT2D eigenvalue weighted by Gasteiger charge is 1.96. The van der Waals surface area contributed by atoms with E-state index in [1.165, 1.54) is 0 Å². The van der Waals surface area contributed by atoms with Crippen LogP contribution in [0.2, 0.25) is 0 Å². The Morgan fingerprint density at radius 3 is 2.70 bits per heavy atom. The Labute approximate surface area is 74.5 Å². The smallest absolute Gasteiger partial charge is 0.0380 e. The van der Waals surface area contributed by atoms with Crippen LogP contribution in [0, 0.1) is 0 Å². The van der Waals surface area contributed by atoms with Crippen LogP contribution in [0.1, 0.15) is 5.56 Å². The number of hydrogen-bond acceptors (Lipinski definition) is 1. The minimum Gasteiger partial charge on any atom is -0.142 e. The van der Waals surface area contributed by atoms with Gasteiger partial charge in [-0.2, -0.15) is 0 Å². The lowest BCUT2D eigenvalue weighted by Gasteiger charge is -1.99. The number of rotatable bonds is 1. The molecule has 0 atom stereocenters. The summed E-state index contributed by atoms with van der Waals surface area (Å²) in [4.78, 5) is 0.942. The van der Waals surface area contributed by atoms with E-state index in [4.69, 9.17) is 0 Å². The van der Waals surface area contributed by atoms with Crippen molar-refractivity contribution in [2.75, 3.05) is 0 Å². The van der Waals surface area contributed by atoms with Crippen molar-refractivity contribution in [2.45, 2.75) is 4.90 Å². The molecule has 1 aromatic carbocycles. The Morgan fingerprint density at radius 1 is 1.50 bits per heavy atom. The molecule has 2 heteroatoms. The van der Waals surface area contributed by atoms with Gasteiger partial charge in [0.15, 0.2) is 0 Å². The quantitative estimate of drug-likeness (QED) is 0.682. The highest BCUT2D eigenvalue weighted by atomic mass is 79.9. The summed E-state index contributed by atoms with van der Waals surface area (Å²) in [5.74, 6) is 0.